The molecule has 0 radical (unpaired) electrons. The van der Waals surface area contributed by atoms with Crippen LogP contribution in [0.25, 0.3) is 0 Å². The second-order valence-corrected chi connectivity index (χ2v) is 7.56. The van der Waals surface area contributed by atoms with Gasteiger partial charge in [0.15, 0.2) is 6.29 Å². The Hall–Kier alpha value is -0.580. The van der Waals surface area contributed by atoms with Crippen LogP contribution in [0.4, 0.5) is 5.69 Å². The second kappa shape index (κ2) is 7.12. The lowest BCUT2D eigenvalue weighted by atomic mass is 9.96. The minimum atomic E-state index is 0.494. The summed E-state index contributed by atoms with van der Waals surface area (Å²) in [5, 5.41) is 0. The van der Waals surface area contributed by atoms with E-state index in [9.17, 15) is 4.79 Å². The Morgan fingerprint density at radius 1 is 1.14 bits per heavy atom. The molecule has 0 aliphatic carbocycles. The van der Waals surface area contributed by atoms with Crippen molar-refractivity contribution < 1.29 is 9.53 Å². The number of carbonyl (C=O) groups excluding carboxylic acids is 1. The number of hydrogen-bond acceptors (Lipinski definition) is 4. The molecule has 21 heavy (non-hydrogen) atoms. The van der Waals surface area contributed by atoms with Gasteiger partial charge < -0.3 is 9.64 Å². The number of hydrogen-bond donors (Lipinski definition) is 0. The summed E-state index contributed by atoms with van der Waals surface area (Å²) in [6.45, 7) is 3.72. The van der Waals surface area contributed by atoms with Gasteiger partial charge in [-0.25, -0.2) is 0 Å². The highest BCUT2D eigenvalue weighted by atomic mass is 35.5. The fourth-order valence-electron chi connectivity index (χ4n) is 3.38. The summed E-state index contributed by atoms with van der Waals surface area (Å²) >= 11 is 7.97. The average molecular weight is 328 g/mol. The van der Waals surface area contributed by atoms with Crippen molar-refractivity contribution >= 4 is 34.9 Å². The lowest BCUT2D eigenvalue weighted by Gasteiger charge is -2.28. The number of nitrogens with zero attached hydrogens (tertiary/aromatic N) is 1. The van der Waals surface area contributed by atoms with E-state index >= 15 is 0 Å². The Morgan fingerprint density at radius 2 is 1.81 bits per heavy atom. The number of ether oxygens (including phenoxy) is 1. The highest BCUT2D eigenvalue weighted by Gasteiger charge is 2.28. The van der Waals surface area contributed by atoms with Crippen molar-refractivity contribution in [1.82, 2.24) is 0 Å². The molecular weight excluding hydrogens is 306 g/mol. The highest BCUT2D eigenvalue weighted by Crippen LogP contribution is 2.45. The van der Waals surface area contributed by atoms with E-state index < -0.39 is 0 Å². The maximum absolute atomic E-state index is 11.5. The van der Waals surface area contributed by atoms with Crippen molar-refractivity contribution in [3.8, 4) is 0 Å². The summed E-state index contributed by atoms with van der Waals surface area (Å²) in [4.78, 5) is 15.3. The molecule has 0 saturated carbocycles. The van der Waals surface area contributed by atoms with Crippen LogP contribution < -0.4 is 4.90 Å². The molecule has 0 spiro atoms. The molecule has 2 saturated heterocycles. The third-order valence-electron chi connectivity index (χ3n) is 4.53. The van der Waals surface area contributed by atoms with Crippen LogP contribution in [0.2, 0.25) is 4.34 Å². The monoisotopic (exact) mass is 327 g/mol. The van der Waals surface area contributed by atoms with Crippen LogP contribution in [0.5, 0.6) is 0 Å². The van der Waals surface area contributed by atoms with E-state index in [0.29, 0.717) is 15.8 Å². The zero-order valence-corrected chi connectivity index (χ0v) is 13.8. The zero-order chi connectivity index (χ0) is 14.7. The maximum atomic E-state index is 11.5. The van der Waals surface area contributed by atoms with Crippen LogP contribution in [-0.4, -0.2) is 32.6 Å². The van der Waals surface area contributed by atoms with Gasteiger partial charge in [-0.1, -0.05) is 24.4 Å². The molecule has 0 aromatic carbocycles. The fraction of sp³-hybridized carbons (Fsp3) is 0.688. The van der Waals surface area contributed by atoms with E-state index in [1.807, 2.05) is 0 Å². The minimum Gasteiger partial charge on any atom is -0.381 e. The first kappa shape index (κ1) is 15.3. The smallest absolute Gasteiger partial charge is 0.154 e. The Balaban J connectivity index is 1.96. The van der Waals surface area contributed by atoms with Gasteiger partial charge in [-0.15, -0.1) is 11.3 Å². The Labute approximate surface area is 135 Å². The molecule has 3 rings (SSSR count). The average Bonchev–Trinajstić information content (AvgIpc) is 2.69. The Kier molecular flexibility index (Phi) is 5.19. The van der Waals surface area contributed by atoms with E-state index in [1.165, 1.54) is 30.6 Å². The van der Waals surface area contributed by atoms with Crippen molar-refractivity contribution in [2.24, 2.45) is 0 Å². The van der Waals surface area contributed by atoms with Gasteiger partial charge in [-0.2, -0.15) is 0 Å². The van der Waals surface area contributed by atoms with Gasteiger partial charge >= 0.3 is 0 Å². The summed E-state index contributed by atoms with van der Waals surface area (Å²) < 4.78 is 6.14. The molecule has 3 nitrogen and oxygen atoms in total. The summed E-state index contributed by atoms with van der Waals surface area (Å²) in [5.74, 6) is 0.494. The molecule has 1 aromatic rings. The van der Waals surface area contributed by atoms with Crippen molar-refractivity contribution in [2.75, 3.05) is 31.2 Å². The summed E-state index contributed by atoms with van der Waals surface area (Å²) in [6, 6.07) is 0. The molecule has 2 aliphatic rings. The highest BCUT2D eigenvalue weighted by molar-refractivity contribution is 7.17. The van der Waals surface area contributed by atoms with E-state index in [1.54, 1.807) is 11.3 Å². The van der Waals surface area contributed by atoms with Crippen molar-refractivity contribution in [1.29, 1.82) is 0 Å². The molecule has 0 bridgehead atoms. The van der Waals surface area contributed by atoms with Gasteiger partial charge in [0.05, 0.1) is 11.3 Å². The molecule has 0 N–H and O–H groups in total. The van der Waals surface area contributed by atoms with Gasteiger partial charge in [0.1, 0.15) is 4.34 Å². The molecule has 3 heterocycles. The van der Waals surface area contributed by atoms with Crippen LogP contribution in [-0.2, 0) is 4.74 Å². The van der Waals surface area contributed by atoms with Crippen LogP contribution >= 0.6 is 22.9 Å². The molecule has 0 atom stereocenters. The summed E-state index contributed by atoms with van der Waals surface area (Å²) in [5.41, 5.74) is 1.85. The molecule has 116 valence electrons. The number of carbonyl (C=O) groups is 1. The molecule has 2 aliphatic heterocycles. The van der Waals surface area contributed by atoms with Gasteiger partial charge in [0, 0.05) is 31.2 Å². The maximum Gasteiger partial charge on any atom is 0.154 e. The molecule has 5 heteroatoms. The van der Waals surface area contributed by atoms with Crippen LogP contribution in [0.15, 0.2) is 0 Å². The van der Waals surface area contributed by atoms with Crippen LogP contribution in [0.1, 0.15) is 59.7 Å². The minimum absolute atomic E-state index is 0.494. The zero-order valence-electron chi connectivity index (χ0n) is 12.3. The van der Waals surface area contributed by atoms with Gasteiger partial charge in [-0.05, 0) is 31.6 Å². The third kappa shape index (κ3) is 3.27. The lowest BCUT2D eigenvalue weighted by molar-refractivity contribution is 0.0860. The molecule has 2 fully saturated rings. The number of rotatable bonds is 3. The third-order valence-corrected chi connectivity index (χ3v) is 6.11. The molecule has 1 aromatic heterocycles. The standard InChI is InChI=1S/C16H22ClNO2S/c17-16-13(11-19)14(18-7-3-1-2-4-8-18)15(21-16)12-5-9-20-10-6-12/h11-12H,1-10H2. The fourth-order valence-corrected chi connectivity index (χ4v) is 4.95. The van der Waals surface area contributed by atoms with Gasteiger partial charge in [-0.3, -0.25) is 4.79 Å². The van der Waals surface area contributed by atoms with E-state index in [4.69, 9.17) is 16.3 Å². The molecule has 0 amide bonds. The van der Waals surface area contributed by atoms with Gasteiger partial charge in [0.25, 0.3) is 0 Å². The van der Waals surface area contributed by atoms with Crippen LogP contribution in [0, 0.1) is 0 Å². The topological polar surface area (TPSA) is 29.5 Å². The quantitative estimate of drug-likeness (QED) is 0.766. The first-order chi connectivity index (χ1) is 10.3. The Bertz CT molecular complexity index is 489. The van der Waals surface area contributed by atoms with Crippen molar-refractivity contribution in [2.45, 2.75) is 44.4 Å². The summed E-state index contributed by atoms with van der Waals surface area (Å²) in [6.07, 6.45) is 8.01. The first-order valence-electron chi connectivity index (χ1n) is 7.91. The SMILES string of the molecule is O=Cc1c(Cl)sc(C2CCOCC2)c1N1CCCCCC1. The van der Waals surface area contributed by atoms with Crippen LogP contribution in [0.3, 0.4) is 0 Å². The predicted octanol–water partition coefficient (Wildman–Crippen LogP) is 4.49. The normalized spacial score (nSPS) is 21.3. The number of aldehydes is 1. The molecule has 0 unspecified atom stereocenters. The predicted molar refractivity (Wildman–Crippen MR) is 88.2 cm³/mol. The largest absolute Gasteiger partial charge is 0.381 e. The van der Waals surface area contributed by atoms with Crippen molar-refractivity contribution in [3.05, 3.63) is 14.8 Å². The van der Waals surface area contributed by atoms with Gasteiger partial charge in [0.2, 0.25) is 0 Å². The summed E-state index contributed by atoms with van der Waals surface area (Å²) in [7, 11) is 0. The second-order valence-electron chi connectivity index (χ2n) is 5.91. The number of thiophene rings is 1. The van der Waals surface area contributed by atoms with E-state index in [-0.39, 0.29) is 0 Å². The Morgan fingerprint density at radius 3 is 2.43 bits per heavy atom. The van der Waals surface area contributed by atoms with Crippen molar-refractivity contribution in [3.63, 3.8) is 0 Å². The first-order valence-corrected chi connectivity index (χ1v) is 9.10. The lowest BCUT2D eigenvalue weighted by Crippen LogP contribution is -2.26. The van der Waals surface area contributed by atoms with E-state index in [0.717, 1.165) is 51.1 Å². The number of anilines is 1. The van der Waals surface area contributed by atoms with E-state index in [2.05, 4.69) is 4.90 Å². The number of halogens is 1. The molecular formula is C16H22ClNO2S.